The molecule has 0 heterocycles. The van der Waals surface area contributed by atoms with Crippen LogP contribution in [0, 0.1) is 0 Å². The van der Waals surface area contributed by atoms with E-state index in [-0.39, 0.29) is 37.4 Å². The third-order valence-corrected chi connectivity index (χ3v) is 3.63. The highest BCUT2D eigenvalue weighted by atomic mass is 35.5. The Labute approximate surface area is 154 Å². The van der Waals surface area contributed by atoms with Crippen LogP contribution in [-0.2, 0) is 20.7 Å². The minimum atomic E-state index is -0.646. The van der Waals surface area contributed by atoms with Gasteiger partial charge in [-0.05, 0) is 37.0 Å². The first-order chi connectivity index (χ1) is 11.6. The molecule has 0 aromatic heterocycles. The van der Waals surface area contributed by atoms with Crippen molar-refractivity contribution in [3.8, 4) is 5.75 Å². The molecule has 0 aliphatic heterocycles. The molecule has 1 fully saturated rings. The summed E-state index contributed by atoms with van der Waals surface area (Å²) in [4.78, 5) is 23.2. The first-order valence-corrected chi connectivity index (χ1v) is 8.12. The van der Waals surface area contributed by atoms with Gasteiger partial charge in [0.1, 0.15) is 11.8 Å². The van der Waals surface area contributed by atoms with Gasteiger partial charge in [-0.1, -0.05) is 12.1 Å². The number of hydrogen-bond acceptors (Lipinski definition) is 5. The van der Waals surface area contributed by atoms with Crippen molar-refractivity contribution in [3.63, 3.8) is 0 Å². The number of nitrogens with two attached hydrogens (primary N) is 1. The molecule has 25 heavy (non-hydrogen) atoms. The highest BCUT2D eigenvalue weighted by Gasteiger charge is 2.23. The van der Waals surface area contributed by atoms with Gasteiger partial charge in [0.25, 0.3) is 5.91 Å². The van der Waals surface area contributed by atoms with Crippen molar-refractivity contribution in [2.75, 3.05) is 26.9 Å². The number of rotatable bonds is 10. The molecule has 140 valence electrons. The van der Waals surface area contributed by atoms with E-state index >= 15 is 0 Å². The summed E-state index contributed by atoms with van der Waals surface area (Å²) in [6, 6.07) is 7.16. The van der Waals surface area contributed by atoms with Gasteiger partial charge in [-0.25, -0.2) is 0 Å². The fourth-order valence-electron chi connectivity index (χ4n) is 2.11. The molecule has 0 spiro atoms. The van der Waals surface area contributed by atoms with E-state index in [1.807, 2.05) is 24.3 Å². The lowest BCUT2D eigenvalue weighted by molar-refractivity contribution is -0.124. The average molecular weight is 372 g/mol. The van der Waals surface area contributed by atoms with E-state index in [2.05, 4.69) is 10.6 Å². The third-order valence-electron chi connectivity index (χ3n) is 3.63. The molecule has 0 radical (unpaired) electrons. The molecule has 8 heteroatoms. The zero-order valence-electron chi connectivity index (χ0n) is 14.3. The van der Waals surface area contributed by atoms with Crippen LogP contribution in [0.1, 0.15) is 18.4 Å². The molecule has 1 atom stereocenters. The molecule has 1 aliphatic carbocycles. The lowest BCUT2D eigenvalue weighted by Crippen LogP contribution is -2.44. The van der Waals surface area contributed by atoms with Gasteiger partial charge in [0.2, 0.25) is 5.91 Å². The smallest absolute Gasteiger partial charge is 0.258 e. The van der Waals surface area contributed by atoms with E-state index in [0.717, 1.165) is 18.4 Å². The van der Waals surface area contributed by atoms with E-state index in [1.165, 1.54) is 7.11 Å². The van der Waals surface area contributed by atoms with Crippen LogP contribution in [0.4, 0.5) is 0 Å². The van der Waals surface area contributed by atoms with Crippen molar-refractivity contribution < 1.29 is 19.1 Å². The van der Waals surface area contributed by atoms with Gasteiger partial charge in [0.15, 0.2) is 6.61 Å². The van der Waals surface area contributed by atoms with Gasteiger partial charge in [-0.3, -0.25) is 9.59 Å². The number of ether oxygens (including phenoxy) is 2. The number of methoxy groups -OCH3 is 1. The second-order valence-corrected chi connectivity index (χ2v) is 5.88. The molecule has 0 bridgehead atoms. The van der Waals surface area contributed by atoms with Crippen molar-refractivity contribution in [2.45, 2.75) is 31.3 Å². The normalized spacial score (nSPS) is 14.2. The molecular weight excluding hydrogens is 346 g/mol. The Bertz CT molecular complexity index is 549. The number of benzene rings is 1. The summed E-state index contributed by atoms with van der Waals surface area (Å²) in [6.07, 6.45) is 2.81. The molecule has 1 aromatic carbocycles. The summed E-state index contributed by atoms with van der Waals surface area (Å²) in [7, 11) is 1.51. The molecule has 1 aliphatic rings. The van der Waals surface area contributed by atoms with Crippen LogP contribution in [0.2, 0.25) is 0 Å². The number of hydrogen-bond donors (Lipinski definition) is 3. The van der Waals surface area contributed by atoms with Crippen molar-refractivity contribution in [1.29, 1.82) is 0 Å². The topological polar surface area (TPSA) is 103 Å². The highest BCUT2D eigenvalue weighted by Crippen LogP contribution is 2.18. The Morgan fingerprint density at radius 1 is 1.28 bits per heavy atom. The maximum Gasteiger partial charge on any atom is 0.258 e. The van der Waals surface area contributed by atoms with Crippen LogP contribution < -0.4 is 21.1 Å². The quantitative estimate of drug-likeness (QED) is 0.552. The van der Waals surface area contributed by atoms with E-state index in [9.17, 15) is 9.59 Å². The van der Waals surface area contributed by atoms with Crippen LogP contribution in [0.15, 0.2) is 24.3 Å². The van der Waals surface area contributed by atoms with E-state index in [4.69, 9.17) is 15.2 Å². The number of carbonyl (C=O) groups excluding carboxylic acids is 2. The third kappa shape index (κ3) is 8.20. The van der Waals surface area contributed by atoms with Gasteiger partial charge in [-0.15, -0.1) is 12.4 Å². The average Bonchev–Trinajstić information content (AvgIpc) is 3.38. The summed E-state index contributed by atoms with van der Waals surface area (Å²) in [5, 5.41) is 5.64. The second-order valence-electron chi connectivity index (χ2n) is 5.88. The maximum absolute atomic E-state index is 11.6. The first-order valence-electron chi connectivity index (χ1n) is 8.12. The fourth-order valence-corrected chi connectivity index (χ4v) is 2.11. The standard InChI is InChI=1S/C17H25N3O4.ClH/c1-23-10-15(18)17(22)19-9-8-12-2-6-14(7-3-12)24-11-16(21)20-13-4-5-13;/h2-3,6-7,13,15H,4-5,8-11,18H2,1H3,(H,19,22)(H,20,21);1H. The minimum absolute atomic E-state index is 0. The van der Waals surface area contributed by atoms with Crippen molar-refractivity contribution in [3.05, 3.63) is 29.8 Å². The Hall–Kier alpha value is -1.83. The molecule has 2 amide bonds. The van der Waals surface area contributed by atoms with E-state index in [1.54, 1.807) is 0 Å². The summed E-state index contributed by atoms with van der Waals surface area (Å²) in [5.74, 6) is 0.339. The monoisotopic (exact) mass is 371 g/mol. The zero-order valence-corrected chi connectivity index (χ0v) is 15.1. The molecule has 4 N–H and O–H groups in total. The second kappa shape index (κ2) is 10.9. The van der Waals surface area contributed by atoms with Crippen molar-refractivity contribution in [1.82, 2.24) is 10.6 Å². The SMILES string of the molecule is COCC(N)C(=O)NCCc1ccc(OCC(=O)NC2CC2)cc1.Cl. The first kappa shape index (κ1) is 21.2. The fraction of sp³-hybridized carbons (Fsp3) is 0.529. The van der Waals surface area contributed by atoms with Crippen molar-refractivity contribution >= 4 is 24.2 Å². The van der Waals surface area contributed by atoms with Crippen LogP contribution in [0.5, 0.6) is 5.75 Å². The number of amides is 2. The molecule has 1 unspecified atom stereocenters. The van der Waals surface area contributed by atoms with Crippen LogP contribution in [0.25, 0.3) is 0 Å². The van der Waals surface area contributed by atoms with E-state index in [0.29, 0.717) is 24.8 Å². The van der Waals surface area contributed by atoms with Gasteiger partial charge >= 0.3 is 0 Å². The lowest BCUT2D eigenvalue weighted by Gasteiger charge is -2.11. The predicted octanol–water partition coefficient (Wildman–Crippen LogP) is 0.398. The number of nitrogens with one attached hydrogen (secondary N) is 2. The molecule has 0 saturated heterocycles. The van der Waals surface area contributed by atoms with Crippen LogP contribution >= 0.6 is 12.4 Å². The lowest BCUT2D eigenvalue weighted by atomic mass is 10.1. The van der Waals surface area contributed by atoms with Gasteiger partial charge < -0.3 is 25.8 Å². The molecule has 2 rings (SSSR count). The Morgan fingerprint density at radius 2 is 1.96 bits per heavy atom. The molecular formula is C17H26ClN3O4. The zero-order chi connectivity index (χ0) is 17.4. The summed E-state index contributed by atoms with van der Waals surface area (Å²) in [5.41, 5.74) is 6.69. The summed E-state index contributed by atoms with van der Waals surface area (Å²) in [6.45, 7) is 0.732. The summed E-state index contributed by atoms with van der Waals surface area (Å²) >= 11 is 0. The molecule has 1 aromatic rings. The van der Waals surface area contributed by atoms with Gasteiger partial charge in [-0.2, -0.15) is 0 Å². The Balaban J connectivity index is 0.00000312. The largest absolute Gasteiger partial charge is 0.484 e. The van der Waals surface area contributed by atoms with Gasteiger partial charge in [0.05, 0.1) is 6.61 Å². The molecule has 7 nitrogen and oxygen atoms in total. The Kier molecular flexibility index (Phi) is 9.26. The Morgan fingerprint density at radius 3 is 2.56 bits per heavy atom. The minimum Gasteiger partial charge on any atom is -0.484 e. The van der Waals surface area contributed by atoms with Crippen molar-refractivity contribution in [2.24, 2.45) is 5.73 Å². The number of halogens is 1. The van der Waals surface area contributed by atoms with Gasteiger partial charge in [0, 0.05) is 19.7 Å². The predicted molar refractivity (Wildman–Crippen MR) is 96.9 cm³/mol. The summed E-state index contributed by atoms with van der Waals surface area (Å²) < 4.78 is 10.3. The van der Waals surface area contributed by atoms with Crippen LogP contribution in [0.3, 0.4) is 0 Å². The number of carbonyl (C=O) groups is 2. The van der Waals surface area contributed by atoms with E-state index < -0.39 is 6.04 Å². The molecule has 1 saturated carbocycles. The highest BCUT2D eigenvalue weighted by molar-refractivity contribution is 5.85. The maximum atomic E-state index is 11.6. The van der Waals surface area contributed by atoms with Crippen LogP contribution in [-0.4, -0.2) is 50.8 Å².